The minimum absolute atomic E-state index is 0.196. The van der Waals surface area contributed by atoms with Gasteiger partial charge in [0.2, 0.25) is 0 Å². The van der Waals surface area contributed by atoms with E-state index in [4.69, 9.17) is 18.9 Å². The van der Waals surface area contributed by atoms with Crippen LogP contribution in [0.1, 0.15) is 37.1 Å². The first-order chi connectivity index (χ1) is 12.9. The van der Waals surface area contributed by atoms with Crippen LogP contribution in [0.2, 0.25) is 0 Å². The van der Waals surface area contributed by atoms with Gasteiger partial charge in [0.15, 0.2) is 0 Å². The standard InChI is InChI=1S/C21H25NO5/c1-21(2)19(13-9-7-6-8-10-13)22-18(20(23)27-21)17-15(25-4)11-14(24-3)12-16(17)26-5/h6-12,18-19,22H,1-5H3/t18-,19-/m1/s1. The molecule has 6 nitrogen and oxygen atoms in total. The zero-order chi connectivity index (χ0) is 19.6. The molecular formula is C21H25NO5. The molecule has 27 heavy (non-hydrogen) atoms. The Morgan fingerprint density at radius 3 is 2.07 bits per heavy atom. The number of benzene rings is 2. The van der Waals surface area contributed by atoms with E-state index in [0.29, 0.717) is 22.8 Å². The SMILES string of the molecule is COc1cc(OC)c([C@H]2N[C@H](c3ccccc3)C(C)(C)OC2=O)c(OC)c1. The fraction of sp³-hybridized carbons (Fsp3) is 0.381. The molecule has 0 amide bonds. The zero-order valence-electron chi connectivity index (χ0n) is 16.2. The third-order valence-corrected chi connectivity index (χ3v) is 4.80. The van der Waals surface area contributed by atoms with Gasteiger partial charge in [-0.2, -0.15) is 0 Å². The first kappa shape index (κ1) is 19.0. The molecule has 0 radical (unpaired) electrons. The molecule has 0 spiro atoms. The largest absolute Gasteiger partial charge is 0.496 e. The maximum atomic E-state index is 12.9. The molecule has 144 valence electrons. The van der Waals surface area contributed by atoms with Crippen molar-refractivity contribution in [2.75, 3.05) is 21.3 Å². The summed E-state index contributed by atoms with van der Waals surface area (Å²) in [6.07, 6.45) is 0. The second-order valence-corrected chi connectivity index (χ2v) is 6.91. The Morgan fingerprint density at radius 1 is 0.963 bits per heavy atom. The summed E-state index contributed by atoms with van der Waals surface area (Å²) in [5.41, 5.74) is 0.913. The third-order valence-electron chi connectivity index (χ3n) is 4.80. The average Bonchev–Trinajstić information content (AvgIpc) is 2.67. The molecule has 2 atom stereocenters. The van der Waals surface area contributed by atoms with Crippen molar-refractivity contribution in [3.05, 3.63) is 53.6 Å². The molecule has 2 aromatic carbocycles. The normalized spacial score (nSPS) is 21.3. The molecule has 2 aromatic rings. The fourth-order valence-corrected chi connectivity index (χ4v) is 3.47. The van der Waals surface area contributed by atoms with Crippen LogP contribution in [0.15, 0.2) is 42.5 Å². The van der Waals surface area contributed by atoms with Crippen molar-refractivity contribution in [1.82, 2.24) is 5.32 Å². The van der Waals surface area contributed by atoms with Crippen molar-refractivity contribution in [2.45, 2.75) is 31.5 Å². The van der Waals surface area contributed by atoms with Gasteiger partial charge in [0, 0.05) is 12.1 Å². The van der Waals surface area contributed by atoms with E-state index in [2.05, 4.69) is 5.32 Å². The van der Waals surface area contributed by atoms with Gasteiger partial charge < -0.3 is 18.9 Å². The number of morpholine rings is 1. The van der Waals surface area contributed by atoms with Crippen molar-refractivity contribution >= 4 is 5.97 Å². The second kappa shape index (κ2) is 7.48. The van der Waals surface area contributed by atoms with E-state index in [1.165, 1.54) is 0 Å². The number of cyclic esters (lactones) is 1. The minimum atomic E-state index is -0.737. The number of esters is 1. The van der Waals surface area contributed by atoms with E-state index in [0.717, 1.165) is 5.56 Å². The molecule has 0 aromatic heterocycles. The number of carbonyl (C=O) groups excluding carboxylic acids is 1. The van der Waals surface area contributed by atoms with Crippen LogP contribution in [0.4, 0.5) is 0 Å². The lowest BCUT2D eigenvalue weighted by molar-refractivity contribution is -0.172. The van der Waals surface area contributed by atoms with Crippen molar-refractivity contribution in [2.24, 2.45) is 0 Å². The van der Waals surface area contributed by atoms with E-state index in [1.807, 2.05) is 44.2 Å². The highest BCUT2D eigenvalue weighted by molar-refractivity contribution is 5.82. The lowest BCUT2D eigenvalue weighted by atomic mass is 9.87. The van der Waals surface area contributed by atoms with Crippen molar-refractivity contribution in [3.8, 4) is 17.2 Å². The molecule has 1 N–H and O–H groups in total. The molecular weight excluding hydrogens is 346 g/mol. The third kappa shape index (κ3) is 3.57. The highest BCUT2D eigenvalue weighted by atomic mass is 16.6. The first-order valence-electron chi connectivity index (χ1n) is 8.75. The molecule has 1 heterocycles. The summed E-state index contributed by atoms with van der Waals surface area (Å²) in [4.78, 5) is 12.9. The predicted octanol–water partition coefficient (Wildman–Crippen LogP) is 3.42. The van der Waals surface area contributed by atoms with E-state index >= 15 is 0 Å². The van der Waals surface area contributed by atoms with Gasteiger partial charge in [-0.3, -0.25) is 5.32 Å². The van der Waals surface area contributed by atoms with Gasteiger partial charge >= 0.3 is 5.97 Å². The predicted molar refractivity (Wildman–Crippen MR) is 101 cm³/mol. The van der Waals surface area contributed by atoms with E-state index < -0.39 is 11.6 Å². The summed E-state index contributed by atoms with van der Waals surface area (Å²) in [5, 5.41) is 3.44. The molecule has 0 aliphatic carbocycles. The first-order valence-corrected chi connectivity index (χ1v) is 8.75. The Morgan fingerprint density at radius 2 is 1.56 bits per heavy atom. The summed E-state index contributed by atoms with van der Waals surface area (Å²) in [6.45, 7) is 3.79. The van der Waals surface area contributed by atoms with Gasteiger partial charge in [-0.05, 0) is 19.4 Å². The molecule has 0 unspecified atom stereocenters. The van der Waals surface area contributed by atoms with Crippen LogP contribution < -0.4 is 19.5 Å². The highest BCUT2D eigenvalue weighted by Gasteiger charge is 2.45. The maximum absolute atomic E-state index is 12.9. The highest BCUT2D eigenvalue weighted by Crippen LogP contribution is 2.44. The number of hydrogen-bond acceptors (Lipinski definition) is 6. The van der Waals surface area contributed by atoms with Crippen LogP contribution in [0.5, 0.6) is 17.2 Å². The summed E-state index contributed by atoms with van der Waals surface area (Å²) < 4.78 is 22.1. The number of rotatable bonds is 5. The summed E-state index contributed by atoms with van der Waals surface area (Å²) >= 11 is 0. The number of hydrogen-bond donors (Lipinski definition) is 1. The van der Waals surface area contributed by atoms with Crippen LogP contribution in [0.25, 0.3) is 0 Å². The van der Waals surface area contributed by atoms with Crippen LogP contribution in [-0.4, -0.2) is 32.9 Å². The van der Waals surface area contributed by atoms with Crippen LogP contribution in [0.3, 0.4) is 0 Å². The zero-order valence-corrected chi connectivity index (χ0v) is 16.2. The van der Waals surface area contributed by atoms with Crippen molar-refractivity contribution in [3.63, 3.8) is 0 Å². The Labute approximate surface area is 159 Å². The molecule has 0 saturated carbocycles. The number of nitrogens with one attached hydrogen (secondary N) is 1. The fourth-order valence-electron chi connectivity index (χ4n) is 3.47. The van der Waals surface area contributed by atoms with Crippen LogP contribution in [-0.2, 0) is 9.53 Å². The Bertz CT molecular complexity index is 794. The average molecular weight is 371 g/mol. The Hall–Kier alpha value is -2.73. The molecule has 1 saturated heterocycles. The molecule has 6 heteroatoms. The van der Waals surface area contributed by atoms with Gasteiger partial charge in [0.05, 0.1) is 32.9 Å². The van der Waals surface area contributed by atoms with Crippen LogP contribution >= 0.6 is 0 Å². The lowest BCUT2D eigenvalue weighted by Gasteiger charge is -2.42. The Balaban J connectivity index is 2.07. The molecule has 1 aliphatic rings. The van der Waals surface area contributed by atoms with Crippen molar-refractivity contribution in [1.29, 1.82) is 0 Å². The van der Waals surface area contributed by atoms with E-state index in [1.54, 1.807) is 33.5 Å². The van der Waals surface area contributed by atoms with Gasteiger partial charge in [0.25, 0.3) is 0 Å². The summed E-state index contributed by atoms with van der Waals surface area (Å²) in [5.74, 6) is 1.19. The topological polar surface area (TPSA) is 66.0 Å². The molecule has 3 rings (SSSR count). The van der Waals surface area contributed by atoms with Gasteiger partial charge in [-0.15, -0.1) is 0 Å². The smallest absolute Gasteiger partial charge is 0.328 e. The number of methoxy groups -OCH3 is 3. The maximum Gasteiger partial charge on any atom is 0.328 e. The lowest BCUT2D eigenvalue weighted by Crippen LogP contribution is -2.52. The quantitative estimate of drug-likeness (QED) is 0.813. The number of carbonyl (C=O) groups is 1. The van der Waals surface area contributed by atoms with E-state index in [9.17, 15) is 4.79 Å². The monoisotopic (exact) mass is 371 g/mol. The summed E-state index contributed by atoms with van der Waals surface area (Å²) in [6, 6.07) is 12.4. The van der Waals surface area contributed by atoms with Crippen LogP contribution in [0, 0.1) is 0 Å². The minimum Gasteiger partial charge on any atom is -0.496 e. The second-order valence-electron chi connectivity index (χ2n) is 6.91. The molecule has 1 fully saturated rings. The van der Waals surface area contributed by atoms with Gasteiger partial charge in [-0.25, -0.2) is 4.79 Å². The van der Waals surface area contributed by atoms with Gasteiger partial charge in [0.1, 0.15) is 28.9 Å². The van der Waals surface area contributed by atoms with Crippen molar-refractivity contribution < 1.29 is 23.7 Å². The van der Waals surface area contributed by atoms with Gasteiger partial charge in [-0.1, -0.05) is 30.3 Å². The Kier molecular flexibility index (Phi) is 5.28. The number of ether oxygens (including phenoxy) is 4. The van der Waals surface area contributed by atoms with E-state index in [-0.39, 0.29) is 12.0 Å². The molecule has 1 aliphatic heterocycles. The molecule has 0 bridgehead atoms. The summed E-state index contributed by atoms with van der Waals surface area (Å²) in [7, 11) is 4.66.